The van der Waals surface area contributed by atoms with Gasteiger partial charge in [-0.25, -0.2) is 0 Å². The van der Waals surface area contributed by atoms with Crippen LogP contribution in [0.5, 0.6) is 0 Å². The lowest BCUT2D eigenvalue weighted by Gasteiger charge is -2.03. The molecule has 4 nitrogen and oxygen atoms in total. The Bertz CT molecular complexity index is 151. The molecule has 0 atom stereocenters. The van der Waals surface area contributed by atoms with Gasteiger partial charge in [0.1, 0.15) is 0 Å². The van der Waals surface area contributed by atoms with Crippen LogP contribution in [-0.2, 0) is 4.79 Å². The van der Waals surface area contributed by atoms with Crippen LogP contribution in [0.4, 0.5) is 0 Å². The molecule has 0 heterocycles. The monoisotopic (exact) mass is 217 g/mol. The predicted molar refractivity (Wildman–Crippen MR) is 59.9 cm³/mol. The summed E-state index contributed by atoms with van der Waals surface area (Å²) in [5.74, 6) is -0.702. The van der Waals surface area contributed by atoms with Gasteiger partial charge in [-0.15, -0.1) is 0 Å². The van der Waals surface area contributed by atoms with Gasteiger partial charge in [-0.2, -0.15) is 0 Å². The fraction of sp³-hybridized carbons (Fsp3) is 0.909. The molecule has 0 aromatic rings. The topological polar surface area (TPSA) is 69.6 Å². The summed E-state index contributed by atoms with van der Waals surface area (Å²) in [5.41, 5.74) is 0. The van der Waals surface area contributed by atoms with Crippen LogP contribution >= 0.6 is 0 Å². The van der Waals surface area contributed by atoms with E-state index in [0.29, 0.717) is 0 Å². The second-order valence-electron chi connectivity index (χ2n) is 3.74. The highest BCUT2D eigenvalue weighted by atomic mass is 16.4. The second-order valence-corrected chi connectivity index (χ2v) is 3.74. The summed E-state index contributed by atoms with van der Waals surface area (Å²) in [5, 5.41) is 20.2. The second kappa shape index (κ2) is 11.5. The van der Waals surface area contributed by atoms with E-state index in [9.17, 15) is 4.79 Å². The minimum atomic E-state index is -0.702. The normalized spacial score (nSPS) is 10.5. The SMILES string of the molecule is O=C(O)CCCCCNCCCCCO. The van der Waals surface area contributed by atoms with Crippen LogP contribution in [0, 0.1) is 0 Å². The number of carbonyl (C=O) groups is 1. The van der Waals surface area contributed by atoms with Gasteiger partial charge in [0.25, 0.3) is 0 Å². The van der Waals surface area contributed by atoms with E-state index in [1.54, 1.807) is 0 Å². The molecular formula is C11H23NO3. The first kappa shape index (κ1) is 14.4. The molecule has 0 spiro atoms. The number of aliphatic hydroxyl groups excluding tert-OH is 1. The molecule has 0 aromatic heterocycles. The fourth-order valence-electron chi connectivity index (χ4n) is 1.37. The highest BCUT2D eigenvalue weighted by Gasteiger charge is 1.95. The van der Waals surface area contributed by atoms with Crippen molar-refractivity contribution in [3.05, 3.63) is 0 Å². The molecule has 0 saturated heterocycles. The van der Waals surface area contributed by atoms with Crippen LogP contribution in [0.3, 0.4) is 0 Å². The first-order chi connectivity index (χ1) is 7.27. The van der Waals surface area contributed by atoms with Gasteiger partial charge in [-0.3, -0.25) is 4.79 Å². The first-order valence-corrected chi connectivity index (χ1v) is 5.80. The van der Waals surface area contributed by atoms with Crippen LogP contribution in [-0.4, -0.2) is 35.9 Å². The van der Waals surface area contributed by atoms with E-state index in [4.69, 9.17) is 10.2 Å². The number of carboxylic acids is 1. The third kappa shape index (κ3) is 13.4. The van der Waals surface area contributed by atoms with E-state index >= 15 is 0 Å². The molecule has 3 N–H and O–H groups in total. The van der Waals surface area contributed by atoms with Gasteiger partial charge in [0.05, 0.1) is 0 Å². The molecule has 0 unspecified atom stereocenters. The minimum Gasteiger partial charge on any atom is -0.481 e. The Morgan fingerprint density at radius 2 is 1.53 bits per heavy atom. The Balaban J connectivity index is 2.89. The molecule has 0 bridgehead atoms. The maximum atomic E-state index is 10.2. The lowest BCUT2D eigenvalue weighted by atomic mass is 10.2. The number of aliphatic carboxylic acids is 1. The molecule has 0 amide bonds. The Hall–Kier alpha value is -0.610. The van der Waals surface area contributed by atoms with Crippen molar-refractivity contribution in [3.63, 3.8) is 0 Å². The van der Waals surface area contributed by atoms with Crippen LogP contribution in [0.1, 0.15) is 44.9 Å². The molecule has 4 heteroatoms. The third-order valence-corrected chi connectivity index (χ3v) is 2.26. The van der Waals surface area contributed by atoms with Crippen molar-refractivity contribution in [2.45, 2.75) is 44.9 Å². The molecule has 0 aliphatic heterocycles. The number of hydrogen-bond acceptors (Lipinski definition) is 3. The van der Waals surface area contributed by atoms with Gasteiger partial charge in [0, 0.05) is 13.0 Å². The summed E-state index contributed by atoms with van der Waals surface area (Å²) >= 11 is 0. The summed E-state index contributed by atoms with van der Waals surface area (Å²) in [7, 11) is 0. The zero-order valence-electron chi connectivity index (χ0n) is 9.37. The lowest BCUT2D eigenvalue weighted by Crippen LogP contribution is -2.16. The van der Waals surface area contributed by atoms with Crippen molar-refractivity contribution in [1.29, 1.82) is 0 Å². The molecular weight excluding hydrogens is 194 g/mol. The Morgan fingerprint density at radius 1 is 0.933 bits per heavy atom. The van der Waals surface area contributed by atoms with E-state index in [0.717, 1.165) is 51.6 Å². The first-order valence-electron chi connectivity index (χ1n) is 5.80. The smallest absolute Gasteiger partial charge is 0.303 e. The highest BCUT2D eigenvalue weighted by Crippen LogP contribution is 1.98. The molecule has 15 heavy (non-hydrogen) atoms. The van der Waals surface area contributed by atoms with Crippen molar-refractivity contribution in [2.75, 3.05) is 19.7 Å². The number of rotatable bonds is 11. The van der Waals surface area contributed by atoms with Crippen molar-refractivity contribution in [2.24, 2.45) is 0 Å². The molecule has 0 saturated carbocycles. The number of aliphatic hydroxyl groups is 1. The molecule has 0 fully saturated rings. The number of unbranched alkanes of at least 4 members (excludes halogenated alkanes) is 4. The maximum absolute atomic E-state index is 10.2. The summed E-state index contributed by atoms with van der Waals surface area (Å²) in [6, 6.07) is 0. The van der Waals surface area contributed by atoms with Crippen LogP contribution in [0.15, 0.2) is 0 Å². The summed E-state index contributed by atoms with van der Waals surface area (Å²) in [4.78, 5) is 10.2. The number of hydrogen-bond donors (Lipinski definition) is 3. The molecule has 0 aromatic carbocycles. The van der Waals surface area contributed by atoms with E-state index in [1.165, 1.54) is 0 Å². The Morgan fingerprint density at radius 3 is 2.07 bits per heavy atom. The molecule has 0 aliphatic rings. The van der Waals surface area contributed by atoms with E-state index in [-0.39, 0.29) is 13.0 Å². The Labute approximate surface area is 91.7 Å². The van der Waals surface area contributed by atoms with Crippen LogP contribution < -0.4 is 5.32 Å². The van der Waals surface area contributed by atoms with Gasteiger partial charge < -0.3 is 15.5 Å². The standard InChI is InChI=1S/C11H23NO3/c13-10-6-2-5-9-12-8-4-1-3-7-11(14)15/h12-13H,1-10H2,(H,14,15). The van der Waals surface area contributed by atoms with Crippen molar-refractivity contribution in [3.8, 4) is 0 Å². The molecule has 90 valence electrons. The third-order valence-electron chi connectivity index (χ3n) is 2.26. The van der Waals surface area contributed by atoms with Gasteiger partial charge >= 0.3 is 5.97 Å². The fourth-order valence-corrected chi connectivity index (χ4v) is 1.37. The van der Waals surface area contributed by atoms with E-state index < -0.39 is 5.97 Å². The van der Waals surface area contributed by atoms with Crippen molar-refractivity contribution < 1.29 is 15.0 Å². The van der Waals surface area contributed by atoms with Gasteiger partial charge in [-0.05, 0) is 45.2 Å². The van der Waals surface area contributed by atoms with Gasteiger partial charge in [0.15, 0.2) is 0 Å². The van der Waals surface area contributed by atoms with Crippen LogP contribution in [0.25, 0.3) is 0 Å². The zero-order chi connectivity index (χ0) is 11.4. The minimum absolute atomic E-state index is 0.287. The summed E-state index contributed by atoms with van der Waals surface area (Å²) in [6.45, 7) is 2.26. The van der Waals surface area contributed by atoms with Crippen molar-refractivity contribution >= 4 is 5.97 Å². The van der Waals surface area contributed by atoms with E-state index in [1.807, 2.05) is 0 Å². The van der Waals surface area contributed by atoms with Crippen molar-refractivity contribution in [1.82, 2.24) is 5.32 Å². The van der Waals surface area contributed by atoms with Crippen LogP contribution in [0.2, 0.25) is 0 Å². The quantitative estimate of drug-likeness (QED) is 0.457. The largest absolute Gasteiger partial charge is 0.481 e. The summed E-state index contributed by atoms with van der Waals surface area (Å²) < 4.78 is 0. The average molecular weight is 217 g/mol. The lowest BCUT2D eigenvalue weighted by molar-refractivity contribution is -0.137. The van der Waals surface area contributed by atoms with Gasteiger partial charge in [-0.1, -0.05) is 6.42 Å². The molecule has 0 aliphatic carbocycles. The van der Waals surface area contributed by atoms with Gasteiger partial charge in [0.2, 0.25) is 0 Å². The summed E-state index contributed by atoms with van der Waals surface area (Å²) in [6.07, 6.45) is 6.17. The average Bonchev–Trinajstić information content (AvgIpc) is 2.20. The number of carboxylic acid groups (broad SMARTS) is 1. The molecule has 0 radical (unpaired) electrons. The zero-order valence-corrected chi connectivity index (χ0v) is 9.37. The van der Waals surface area contributed by atoms with E-state index in [2.05, 4.69) is 5.32 Å². The Kier molecular flexibility index (Phi) is 11.0. The predicted octanol–water partition coefficient (Wildman–Crippen LogP) is 1.38. The molecule has 0 rings (SSSR count). The highest BCUT2D eigenvalue weighted by molar-refractivity contribution is 5.66. The maximum Gasteiger partial charge on any atom is 0.303 e. The number of nitrogens with one attached hydrogen (secondary N) is 1.